The Morgan fingerprint density at radius 3 is 2.82 bits per heavy atom. The van der Waals surface area contributed by atoms with Crippen LogP contribution in [0.25, 0.3) is 10.9 Å². The third kappa shape index (κ3) is 2.48. The predicted octanol–water partition coefficient (Wildman–Crippen LogP) is 2.33. The molecule has 2 aromatic rings. The molecule has 0 saturated carbocycles. The zero-order valence-electron chi connectivity index (χ0n) is 16.5. The fraction of sp³-hybridized carbons (Fsp3) is 0.455. The zero-order valence-corrected chi connectivity index (χ0v) is 16.5. The Hall–Kier alpha value is -2.44. The minimum atomic E-state index is -1.17. The molecular formula is C22H26N2O4. The Kier molecular flexibility index (Phi) is 4.63. The van der Waals surface area contributed by atoms with Crippen LogP contribution in [0.4, 0.5) is 0 Å². The number of ether oxygens (including phenoxy) is 1. The number of aliphatic hydroxyl groups excluding tert-OH is 1. The van der Waals surface area contributed by atoms with Crippen molar-refractivity contribution in [1.29, 1.82) is 0 Å². The number of esters is 1. The first-order chi connectivity index (χ1) is 13.5. The summed E-state index contributed by atoms with van der Waals surface area (Å²) < 4.78 is 5.18. The second-order valence-electron chi connectivity index (χ2n) is 7.89. The van der Waals surface area contributed by atoms with Gasteiger partial charge in [-0.05, 0) is 32.0 Å². The Labute approximate surface area is 164 Å². The number of likely N-dealkylation sites (tertiary alicyclic amines) is 1. The smallest absolute Gasteiger partial charge is 0.316 e. The number of benzene rings is 1. The van der Waals surface area contributed by atoms with Crippen LogP contribution in [0.1, 0.15) is 29.4 Å². The van der Waals surface area contributed by atoms with Crippen molar-refractivity contribution in [3.05, 3.63) is 47.2 Å². The summed E-state index contributed by atoms with van der Waals surface area (Å²) in [5.74, 6) is -0.865. The zero-order chi connectivity index (χ0) is 20.1. The van der Waals surface area contributed by atoms with Gasteiger partial charge in [-0.15, -0.1) is 0 Å². The molecule has 0 radical (unpaired) electrons. The number of fused-ring (bicyclic) bond motifs is 5. The number of methoxy groups -OCH3 is 1. The predicted molar refractivity (Wildman–Crippen MR) is 106 cm³/mol. The van der Waals surface area contributed by atoms with Crippen molar-refractivity contribution < 1.29 is 19.4 Å². The third-order valence-corrected chi connectivity index (χ3v) is 6.71. The number of piperidine rings is 1. The average molecular weight is 382 g/mol. The van der Waals surface area contributed by atoms with Gasteiger partial charge < -0.3 is 14.8 Å². The van der Waals surface area contributed by atoms with E-state index < -0.39 is 11.4 Å². The van der Waals surface area contributed by atoms with Crippen LogP contribution in [0.3, 0.4) is 0 Å². The highest BCUT2D eigenvalue weighted by Gasteiger charge is 2.58. The van der Waals surface area contributed by atoms with E-state index in [1.165, 1.54) is 7.11 Å². The molecular weight excluding hydrogens is 356 g/mol. The van der Waals surface area contributed by atoms with Gasteiger partial charge in [0.15, 0.2) is 5.78 Å². The number of likely N-dealkylation sites (N-methyl/N-ethyl adjacent to an activating group) is 1. The van der Waals surface area contributed by atoms with Crippen LogP contribution in [0.5, 0.6) is 0 Å². The fourth-order valence-electron chi connectivity index (χ4n) is 5.29. The third-order valence-electron chi connectivity index (χ3n) is 6.71. The fourth-order valence-corrected chi connectivity index (χ4v) is 5.29. The molecule has 0 spiro atoms. The van der Waals surface area contributed by atoms with Crippen LogP contribution in [0, 0.1) is 11.3 Å². The van der Waals surface area contributed by atoms with Crippen molar-refractivity contribution in [3.63, 3.8) is 0 Å². The normalized spacial score (nSPS) is 29.4. The molecule has 6 nitrogen and oxygen atoms in total. The second kappa shape index (κ2) is 6.87. The molecule has 6 heteroatoms. The number of H-pyrrole nitrogens is 1. The molecule has 0 amide bonds. The number of nitrogens with one attached hydrogen (secondary N) is 1. The van der Waals surface area contributed by atoms with Gasteiger partial charge in [0.1, 0.15) is 5.41 Å². The summed E-state index contributed by atoms with van der Waals surface area (Å²) in [6.07, 6.45) is 2.62. The van der Waals surface area contributed by atoms with Gasteiger partial charge in [0, 0.05) is 35.8 Å². The Balaban J connectivity index is 1.99. The molecule has 1 aromatic heterocycles. The Morgan fingerprint density at radius 1 is 1.39 bits per heavy atom. The summed E-state index contributed by atoms with van der Waals surface area (Å²) in [4.78, 5) is 31.8. The lowest BCUT2D eigenvalue weighted by atomic mass is 9.60. The van der Waals surface area contributed by atoms with E-state index >= 15 is 0 Å². The molecule has 4 rings (SSSR count). The molecule has 2 N–H and O–H groups in total. The van der Waals surface area contributed by atoms with E-state index in [0.29, 0.717) is 18.7 Å². The van der Waals surface area contributed by atoms with Gasteiger partial charge in [0.05, 0.1) is 19.4 Å². The van der Waals surface area contributed by atoms with Gasteiger partial charge in [0.25, 0.3) is 0 Å². The number of nitrogens with zero attached hydrogens (tertiary/aromatic N) is 1. The van der Waals surface area contributed by atoms with Crippen molar-refractivity contribution in [2.75, 3.05) is 27.3 Å². The minimum absolute atomic E-state index is 0.0275. The van der Waals surface area contributed by atoms with E-state index in [0.717, 1.165) is 22.0 Å². The highest BCUT2D eigenvalue weighted by atomic mass is 16.5. The number of hydrogen-bond acceptors (Lipinski definition) is 5. The van der Waals surface area contributed by atoms with E-state index in [-0.39, 0.29) is 30.8 Å². The quantitative estimate of drug-likeness (QED) is 0.615. The first kappa shape index (κ1) is 18.9. The summed E-state index contributed by atoms with van der Waals surface area (Å²) in [5, 5.41) is 11.5. The lowest BCUT2D eigenvalue weighted by Gasteiger charge is -2.52. The molecule has 1 aliphatic carbocycles. The number of ketones is 1. The monoisotopic (exact) mass is 382 g/mol. The topological polar surface area (TPSA) is 82.6 Å². The molecule has 1 aromatic carbocycles. The van der Waals surface area contributed by atoms with E-state index in [1.807, 2.05) is 44.3 Å². The molecule has 1 fully saturated rings. The lowest BCUT2D eigenvalue weighted by molar-refractivity contribution is -0.168. The number of carbonyl (C=O) groups excluding carboxylic acids is 2. The maximum atomic E-state index is 13.3. The van der Waals surface area contributed by atoms with Crippen LogP contribution >= 0.6 is 0 Å². The SMILES string of the molecule is C/C=C1/CN(C)[C@H]2Cc3c([nH]c4ccccc34)C(=O)C[C@@H]1[C@@]2(CO)C(=O)OC. The number of aromatic amines is 1. The van der Waals surface area contributed by atoms with E-state index in [9.17, 15) is 14.7 Å². The van der Waals surface area contributed by atoms with E-state index in [1.54, 1.807) is 0 Å². The van der Waals surface area contributed by atoms with Gasteiger partial charge in [-0.1, -0.05) is 29.8 Å². The summed E-state index contributed by atoms with van der Waals surface area (Å²) in [6, 6.07) is 7.57. The summed E-state index contributed by atoms with van der Waals surface area (Å²) in [6.45, 7) is 2.22. The summed E-state index contributed by atoms with van der Waals surface area (Å²) in [7, 11) is 3.32. The standard InChI is InChI=1S/C22H26N2O4/c1-4-13-11-24(2)19-9-15-14-7-5-6-8-17(14)23-20(15)18(26)10-16(13)22(19,12-25)21(27)28-3/h4-8,16,19,23,25H,9-12H2,1-3H3/b13-4-/t16-,19-,22+/m0/s1. The molecule has 2 bridgehead atoms. The van der Waals surface area contributed by atoms with Gasteiger partial charge in [-0.25, -0.2) is 0 Å². The second-order valence-corrected chi connectivity index (χ2v) is 7.89. The van der Waals surface area contributed by atoms with Gasteiger partial charge in [-0.2, -0.15) is 0 Å². The van der Waals surface area contributed by atoms with Crippen LogP contribution in [-0.4, -0.2) is 60.1 Å². The number of rotatable bonds is 2. The van der Waals surface area contributed by atoms with Crippen molar-refractivity contribution in [2.24, 2.45) is 11.3 Å². The van der Waals surface area contributed by atoms with Crippen LogP contribution in [0.15, 0.2) is 35.9 Å². The van der Waals surface area contributed by atoms with Crippen molar-refractivity contribution >= 4 is 22.7 Å². The first-order valence-corrected chi connectivity index (χ1v) is 9.65. The molecule has 148 valence electrons. The number of hydrogen-bond donors (Lipinski definition) is 2. The molecule has 0 unspecified atom stereocenters. The number of allylic oxidation sites excluding steroid dienone is 1. The van der Waals surface area contributed by atoms with Gasteiger partial charge in [0.2, 0.25) is 0 Å². The summed E-state index contributed by atoms with van der Waals surface area (Å²) in [5.41, 5.74) is 2.28. The molecule has 3 atom stereocenters. The number of Topliss-reactive ketones (excluding diaryl/α,β-unsaturated/α-hetero) is 1. The lowest BCUT2D eigenvalue weighted by Crippen LogP contribution is -2.63. The minimum Gasteiger partial charge on any atom is -0.468 e. The maximum Gasteiger partial charge on any atom is 0.316 e. The van der Waals surface area contributed by atoms with Gasteiger partial charge >= 0.3 is 5.97 Å². The molecule has 2 aliphatic rings. The molecule has 1 saturated heterocycles. The number of carbonyl (C=O) groups is 2. The Morgan fingerprint density at radius 2 is 2.14 bits per heavy atom. The Bertz CT molecular complexity index is 976. The largest absolute Gasteiger partial charge is 0.468 e. The van der Waals surface area contributed by atoms with E-state index in [2.05, 4.69) is 9.88 Å². The van der Waals surface area contributed by atoms with Crippen molar-refractivity contribution in [1.82, 2.24) is 9.88 Å². The first-order valence-electron chi connectivity index (χ1n) is 9.65. The highest BCUT2D eigenvalue weighted by molar-refractivity contribution is 6.03. The van der Waals surface area contributed by atoms with E-state index in [4.69, 9.17) is 4.74 Å². The number of aliphatic hydroxyl groups is 1. The summed E-state index contributed by atoms with van der Waals surface area (Å²) >= 11 is 0. The van der Waals surface area contributed by atoms with Gasteiger partial charge in [-0.3, -0.25) is 14.5 Å². The maximum absolute atomic E-state index is 13.3. The van der Waals surface area contributed by atoms with Crippen LogP contribution in [-0.2, 0) is 16.0 Å². The average Bonchev–Trinajstić information content (AvgIpc) is 3.07. The van der Waals surface area contributed by atoms with Crippen LogP contribution in [0.2, 0.25) is 0 Å². The number of aromatic nitrogens is 1. The molecule has 28 heavy (non-hydrogen) atoms. The molecule has 2 heterocycles. The number of para-hydroxylation sites is 1. The van der Waals surface area contributed by atoms with Crippen LogP contribution < -0.4 is 0 Å². The molecule has 1 aliphatic heterocycles. The van der Waals surface area contributed by atoms with Crippen molar-refractivity contribution in [2.45, 2.75) is 25.8 Å². The highest BCUT2D eigenvalue weighted by Crippen LogP contribution is 2.49. The van der Waals surface area contributed by atoms with Crippen molar-refractivity contribution in [3.8, 4) is 0 Å².